The second kappa shape index (κ2) is 7.87. The molecule has 1 aliphatic rings. The highest BCUT2D eigenvalue weighted by atomic mass is 35.5. The molecule has 0 saturated carbocycles. The van der Waals surface area contributed by atoms with Crippen LogP contribution in [0.4, 0.5) is 0 Å². The number of ether oxygens (including phenoxy) is 1. The number of hydrogen-bond donors (Lipinski definition) is 1. The third-order valence-electron chi connectivity index (χ3n) is 3.70. The number of halogens is 1. The molecule has 4 heteroatoms. The zero-order chi connectivity index (χ0) is 14.4. The van der Waals surface area contributed by atoms with Crippen LogP contribution in [0.3, 0.4) is 0 Å². The van der Waals surface area contributed by atoms with Crippen LogP contribution < -0.4 is 10.1 Å². The van der Waals surface area contributed by atoms with Crippen molar-refractivity contribution in [1.29, 1.82) is 0 Å². The number of benzene rings is 1. The Labute approximate surface area is 127 Å². The van der Waals surface area contributed by atoms with Gasteiger partial charge in [-0.1, -0.05) is 17.7 Å². The standard InChI is InChI=1S/C16H25ClN2O/c1-13-11-14(2)16(15(17)12-13)20-10-4-3-7-19-8-5-18-6-9-19/h11-12,18H,3-10H2,1-2H3. The lowest BCUT2D eigenvalue weighted by molar-refractivity contribution is 0.226. The average Bonchev–Trinajstić information content (AvgIpc) is 2.42. The van der Waals surface area contributed by atoms with Crippen molar-refractivity contribution in [2.75, 3.05) is 39.3 Å². The van der Waals surface area contributed by atoms with E-state index in [2.05, 4.69) is 30.1 Å². The number of aryl methyl sites for hydroxylation is 2. The zero-order valence-corrected chi connectivity index (χ0v) is 13.3. The van der Waals surface area contributed by atoms with Crippen molar-refractivity contribution in [3.05, 3.63) is 28.3 Å². The molecule has 2 rings (SSSR count). The van der Waals surface area contributed by atoms with Gasteiger partial charge in [-0.15, -0.1) is 0 Å². The summed E-state index contributed by atoms with van der Waals surface area (Å²) in [5.41, 5.74) is 2.30. The van der Waals surface area contributed by atoms with Crippen LogP contribution in [0.15, 0.2) is 12.1 Å². The Morgan fingerprint density at radius 2 is 1.95 bits per heavy atom. The number of nitrogens with zero attached hydrogens (tertiary/aromatic N) is 1. The number of piperazine rings is 1. The van der Waals surface area contributed by atoms with Gasteiger partial charge in [0.1, 0.15) is 5.75 Å². The fourth-order valence-electron chi connectivity index (χ4n) is 2.63. The minimum absolute atomic E-state index is 0.726. The second-order valence-electron chi connectivity index (χ2n) is 5.54. The lowest BCUT2D eigenvalue weighted by Crippen LogP contribution is -2.43. The van der Waals surface area contributed by atoms with E-state index in [1.807, 2.05) is 6.07 Å². The minimum atomic E-state index is 0.726. The third-order valence-corrected chi connectivity index (χ3v) is 3.98. The molecule has 20 heavy (non-hydrogen) atoms. The van der Waals surface area contributed by atoms with Crippen LogP contribution in [0, 0.1) is 13.8 Å². The summed E-state index contributed by atoms with van der Waals surface area (Å²) < 4.78 is 5.85. The van der Waals surface area contributed by atoms with Crippen LogP contribution in [-0.4, -0.2) is 44.2 Å². The quantitative estimate of drug-likeness (QED) is 0.817. The van der Waals surface area contributed by atoms with E-state index in [1.165, 1.54) is 31.6 Å². The van der Waals surface area contributed by atoms with Crippen molar-refractivity contribution in [2.24, 2.45) is 0 Å². The summed E-state index contributed by atoms with van der Waals surface area (Å²) >= 11 is 6.23. The molecule has 1 aromatic rings. The van der Waals surface area contributed by atoms with Gasteiger partial charge in [-0.2, -0.15) is 0 Å². The van der Waals surface area contributed by atoms with Crippen molar-refractivity contribution in [2.45, 2.75) is 26.7 Å². The predicted octanol–water partition coefficient (Wildman–Crippen LogP) is 3.02. The van der Waals surface area contributed by atoms with Crippen LogP contribution in [0.2, 0.25) is 5.02 Å². The molecule has 0 spiro atoms. The maximum absolute atomic E-state index is 6.23. The Balaban J connectivity index is 1.68. The highest BCUT2D eigenvalue weighted by Crippen LogP contribution is 2.29. The average molecular weight is 297 g/mol. The molecule has 0 bridgehead atoms. The van der Waals surface area contributed by atoms with E-state index < -0.39 is 0 Å². The molecule has 0 amide bonds. The second-order valence-corrected chi connectivity index (χ2v) is 5.95. The third kappa shape index (κ3) is 4.65. The van der Waals surface area contributed by atoms with E-state index >= 15 is 0 Å². The molecule has 3 nitrogen and oxygen atoms in total. The summed E-state index contributed by atoms with van der Waals surface area (Å²) in [6.07, 6.45) is 2.26. The fraction of sp³-hybridized carbons (Fsp3) is 0.625. The molecule has 1 heterocycles. The van der Waals surface area contributed by atoms with E-state index in [4.69, 9.17) is 16.3 Å². The molecule has 1 aromatic carbocycles. The first-order chi connectivity index (χ1) is 9.66. The van der Waals surface area contributed by atoms with E-state index in [-0.39, 0.29) is 0 Å². The molecule has 1 fully saturated rings. The summed E-state index contributed by atoms with van der Waals surface area (Å²) in [6.45, 7) is 10.6. The fourth-order valence-corrected chi connectivity index (χ4v) is 3.01. The lowest BCUT2D eigenvalue weighted by Gasteiger charge is -2.27. The highest BCUT2D eigenvalue weighted by Gasteiger charge is 2.09. The van der Waals surface area contributed by atoms with E-state index in [0.717, 1.165) is 42.5 Å². The summed E-state index contributed by atoms with van der Waals surface area (Å²) in [6, 6.07) is 4.08. The normalized spacial score (nSPS) is 16.4. The first kappa shape index (κ1) is 15.6. The number of hydrogen-bond acceptors (Lipinski definition) is 3. The molecule has 0 aliphatic carbocycles. The number of rotatable bonds is 6. The molecule has 1 saturated heterocycles. The maximum atomic E-state index is 6.23. The number of nitrogens with one attached hydrogen (secondary N) is 1. The van der Waals surface area contributed by atoms with Crippen LogP contribution in [0.25, 0.3) is 0 Å². The van der Waals surface area contributed by atoms with Gasteiger partial charge in [0.15, 0.2) is 0 Å². The van der Waals surface area contributed by atoms with Gasteiger partial charge in [0.2, 0.25) is 0 Å². The first-order valence-electron chi connectivity index (χ1n) is 7.49. The predicted molar refractivity (Wildman–Crippen MR) is 85.0 cm³/mol. The minimum Gasteiger partial charge on any atom is -0.492 e. The van der Waals surface area contributed by atoms with Crippen molar-refractivity contribution < 1.29 is 4.74 Å². The van der Waals surface area contributed by atoms with Gasteiger partial charge >= 0.3 is 0 Å². The van der Waals surface area contributed by atoms with Crippen molar-refractivity contribution in [3.63, 3.8) is 0 Å². The Kier molecular flexibility index (Phi) is 6.14. The monoisotopic (exact) mass is 296 g/mol. The Morgan fingerprint density at radius 1 is 1.20 bits per heavy atom. The zero-order valence-electron chi connectivity index (χ0n) is 12.5. The summed E-state index contributed by atoms with van der Waals surface area (Å²) in [5.74, 6) is 0.847. The van der Waals surface area contributed by atoms with E-state index in [1.54, 1.807) is 0 Å². The van der Waals surface area contributed by atoms with Gasteiger partial charge in [0, 0.05) is 26.2 Å². The van der Waals surface area contributed by atoms with Crippen molar-refractivity contribution in [1.82, 2.24) is 10.2 Å². The molecular formula is C16H25ClN2O. The van der Waals surface area contributed by atoms with Gasteiger partial charge in [0.25, 0.3) is 0 Å². The van der Waals surface area contributed by atoms with Crippen LogP contribution >= 0.6 is 11.6 Å². The Morgan fingerprint density at radius 3 is 2.65 bits per heavy atom. The molecule has 0 atom stereocenters. The Bertz CT molecular complexity index is 407. The molecular weight excluding hydrogens is 272 g/mol. The molecule has 0 radical (unpaired) electrons. The molecule has 0 aromatic heterocycles. The van der Waals surface area contributed by atoms with E-state index in [9.17, 15) is 0 Å². The van der Waals surface area contributed by atoms with Crippen LogP contribution in [0.5, 0.6) is 5.75 Å². The van der Waals surface area contributed by atoms with Crippen molar-refractivity contribution in [3.8, 4) is 5.75 Å². The largest absolute Gasteiger partial charge is 0.492 e. The van der Waals surface area contributed by atoms with Gasteiger partial charge in [-0.3, -0.25) is 0 Å². The SMILES string of the molecule is Cc1cc(C)c(OCCCCN2CCNCC2)c(Cl)c1. The molecule has 0 unspecified atom stereocenters. The van der Waals surface area contributed by atoms with E-state index in [0.29, 0.717) is 0 Å². The number of unbranched alkanes of at least 4 members (excludes halogenated alkanes) is 1. The molecule has 1 aliphatic heterocycles. The topological polar surface area (TPSA) is 24.5 Å². The summed E-state index contributed by atoms with van der Waals surface area (Å²) in [5, 5.41) is 4.10. The molecule has 112 valence electrons. The van der Waals surface area contributed by atoms with Gasteiger partial charge in [-0.05, 0) is 50.4 Å². The Hall–Kier alpha value is -0.770. The highest BCUT2D eigenvalue weighted by molar-refractivity contribution is 6.32. The van der Waals surface area contributed by atoms with Gasteiger partial charge in [-0.25, -0.2) is 0 Å². The maximum Gasteiger partial charge on any atom is 0.140 e. The smallest absolute Gasteiger partial charge is 0.140 e. The summed E-state index contributed by atoms with van der Waals surface area (Å²) in [7, 11) is 0. The summed E-state index contributed by atoms with van der Waals surface area (Å²) in [4.78, 5) is 2.51. The van der Waals surface area contributed by atoms with Crippen LogP contribution in [-0.2, 0) is 0 Å². The molecule has 1 N–H and O–H groups in total. The first-order valence-corrected chi connectivity index (χ1v) is 7.87. The van der Waals surface area contributed by atoms with Gasteiger partial charge < -0.3 is 15.0 Å². The van der Waals surface area contributed by atoms with Crippen LogP contribution in [0.1, 0.15) is 24.0 Å². The lowest BCUT2D eigenvalue weighted by atomic mass is 10.1. The van der Waals surface area contributed by atoms with Gasteiger partial charge in [0.05, 0.1) is 11.6 Å². The van der Waals surface area contributed by atoms with Crippen molar-refractivity contribution >= 4 is 11.6 Å².